The molecule has 1 aromatic heterocycles. The number of methoxy groups -OCH3 is 1. The molecule has 2 aromatic rings. The quantitative estimate of drug-likeness (QED) is 0.236. The summed E-state index contributed by atoms with van der Waals surface area (Å²) in [5.74, 6) is -1.80. The largest absolute Gasteiger partial charge is 0.497 e. The summed E-state index contributed by atoms with van der Waals surface area (Å²) in [4.78, 5) is 63.5. The number of nitrogens with zero attached hydrogens (tertiary/aromatic N) is 3. The number of anilines is 1. The van der Waals surface area contributed by atoms with Gasteiger partial charge in [0.05, 0.1) is 30.3 Å². The van der Waals surface area contributed by atoms with E-state index in [0.29, 0.717) is 49.1 Å². The number of benzene rings is 1. The second-order valence-corrected chi connectivity index (χ2v) is 18.3. The smallest absolute Gasteiger partial charge is 0.405 e. The number of amides is 4. The van der Waals surface area contributed by atoms with Crippen LogP contribution >= 0.6 is 0 Å². The van der Waals surface area contributed by atoms with Crippen LogP contribution in [0.15, 0.2) is 36.5 Å². The molecule has 1 aromatic carbocycles. The van der Waals surface area contributed by atoms with E-state index in [4.69, 9.17) is 14.5 Å². The van der Waals surface area contributed by atoms with Crippen LogP contribution in [0.1, 0.15) is 86.0 Å². The minimum Gasteiger partial charge on any atom is -0.497 e. The van der Waals surface area contributed by atoms with Gasteiger partial charge in [0.1, 0.15) is 29.5 Å². The number of fused-ring (bicyclic) bond motifs is 3. The summed E-state index contributed by atoms with van der Waals surface area (Å²) < 4.78 is 39.7. The zero-order valence-electron chi connectivity index (χ0n) is 33.2. The van der Waals surface area contributed by atoms with E-state index in [2.05, 4.69) is 41.0 Å². The molecule has 56 heavy (non-hydrogen) atoms. The zero-order chi connectivity index (χ0) is 40.6. The number of sulfonamides is 1. The monoisotopic (exact) mass is 796 g/mol. The van der Waals surface area contributed by atoms with Crippen LogP contribution in [0.2, 0.25) is 0 Å². The van der Waals surface area contributed by atoms with E-state index in [1.807, 2.05) is 31.2 Å². The molecular weight excluding hydrogens is 741 g/mol. The molecular formula is C40H56N6O9S. The molecule has 15 nitrogen and oxygen atoms in total. The highest BCUT2D eigenvalue weighted by Gasteiger charge is 2.63. The minimum atomic E-state index is -4.01. The second kappa shape index (κ2) is 16.1. The van der Waals surface area contributed by atoms with E-state index in [9.17, 15) is 32.7 Å². The number of pyridine rings is 1. The SMILES string of the molecule is CC[C@@H]1C[C@H](C)CC/C=C\[C@@H]2C[C@@]2(C(=O)NS(=O)(=O)C2(C)CC2)NC(=O)[C@@H]2C[C@@H](Oc3ncc(N(CC)CC)c4cc(OC)ccc34)CN2C(=O)[C@H]1NC(=O)O. The lowest BCUT2D eigenvalue weighted by atomic mass is 9.85. The first kappa shape index (κ1) is 41.0. The number of hydrogen-bond donors (Lipinski definition) is 4. The molecule has 7 atom stereocenters. The van der Waals surface area contributed by atoms with E-state index in [0.717, 1.165) is 30.6 Å². The maximum absolute atomic E-state index is 14.7. The highest BCUT2D eigenvalue weighted by molar-refractivity contribution is 7.91. The Kier molecular flexibility index (Phi) is 11.8. The van der Waals surface area contributed by atoms with Crippen molar-refractivity contribution in [3.05, 3.63) is 36.5 Å². The highest BCUT2D eigenvalue weighted by Crippen LogP contribution is 2.48. The molecule has 3 fully saturated rings. The first-order valence-corrected chi connectivity index (χ1v) is 21.3. The summed E-state index contributed by atoms with van der Waals surface area (Å²) in [6.45, 7) is 11.1. The molecule has 0 bridgehead atoms. The summed E-state index contributed by atoms with van der Waals surface area (Å²) >= 11 is 0. The Balaban J connectivity index is 1.37. The van der Waals surface area contributed by atoms with Gasteiger partial charge in [0, 0.05) is 36.2 Å². The third kappa shape index (κ3) is 8.12. The molecule has 16 heteroatoms. The second-order valence-electron chi connectivity index (χ2n) is 16.1. The lowest BCUT2D eigenvalue weighted by Crippen LogP contribution is -2.59. The van der Waals surface area contributed by atoms with Gasteiger partial charge in [0.2, 0.25) is 27.7 Å². The maximum atomic E-state index is 14.7. The van der Waals surface area contributed by atoms with Gasteiger partial charge in [0.25, 0.3) is 5.91 Å². The third-order valence-corrected chi connectivity index (χ3v) is 14.5. The normalized spacial score (nSPS) is 29.4. The van der Waals surface area contributed by atoms with Gasteiger partial charge >= 0.3 is 6.09 Å². The summed E-state index contributed by atoms with van der Waals surface area (Å²) in [6.07, 6.45) is 6.96. The van der Waals surface area contributed by atoms with Crippen molar-refractivity contribution in [1.29, 1.82) is 0 Å². The van der Waals surface area contributed by atoms with Gasteiger partial charge in [-0.2, -0.15) is 0 Å². The fourth-order valence-corrected chi connectivity index (χ4v) is 9.64. The van der Waals surface area contributed by atoms with E-state index in [1.165, 1.54) is 4.90 Å². The molecule has 4 amide bonds. The highest BCUT2D eigenvalue weighted by atomic mass is 32.2. The number of nitrogens with one attached hydrogen (secondary N) is 3. The van der Waals surface area contributed by atoms with Crippen LogP contribution in [-0.4, -0.2) is 102 Å². The minimum absolute atomic E-state index is 0.0102. The lowest BCUT2D eigenvalue weighted by Gasteiger charge is -2.33. The van der Waals surface area contributed by atoms with Crippen molar-refractivity contribution in [1.82, 2.24) is 25.2 Å². The lowest BCUT2D eigenvalue weighted by molar-refractivity contribution is -0.142. The van der Waals surface area contributed by atoms with Gasteiger partial charge < -0.3 is 35.0 Å². The van der Waals surface area contributed by atoms with Crippen molar-refractivity contribution >= 4 is 50.3 Å². The molecule has 2 aliphatic heterocycles. The molecule has 0 unspecified atom stereocenters. The van der Waals surface area contributed by atoms with Gasteiger partial charge in [-0.25, -0.2) is 18.2 Å². The van der Waals surface area contributed by atoms with Crippen LogP contribution < -0.4 is 29.7 Å². The standard InChI is InChI=1S/C40H56N6O9S/c1-7-25-18-24(4)12-10-11-13-26-21-40(26,37(49)44-56(52,53)39(5)16-17-39)43-34(47)31-20-28(23-46(31)36(48)33(25)42-38(50)51)55-35-29-15-14-27(54-6)19-30(29)32(22-41-35)45(8-2)9-3/h11,13-15,19,22,24-26,28,31,33,42H,7-10,12,16-18,20-21,23H2,1-6H3,(H,43,47)(H,44,49)(H,50,51)/b13-11-/t24-,25-,26-,28-,31+,33+,40-/m1/s1. The number of ether oxygens (including phenoxy) is 2. The number of hydrogen-bond acceptors (Lipinski definition) is 10. The van der Waals surface area contributed by atoms with E-state index >= 15 is 0 Å². The van der Waals surface area contributed by atoms with Crippen molar-refractivity contribution in [3.63, 3.8) is 0 Å². The van der Waals surface area contributed by atoms with Gasteiger partial charge in [-0.3, -0.25) is 19.1 Å². The molecule has 3 heterocycles. The first-order chi connectivity index (χ1) is 26.6. The van der Waals surface area contributed by atoms with Crippen LogP contribution in [0, 0.1) is 17.8 Å². The third-order valence-electron chi connectivity index (χ3n) is 12.3. The maximum Gasteiger partial charge on any atom is 0.405 e. The van der Waals surface area contributed by atoms with E-state index < -0.39 is 68.2 Å². The zero-order valence-corrected chi connectivity index (χ0v) is 34.0. The number of carbonyl (C=O) groups excluding carboxylic acids is 3. The van der Waals surface area contributed by atoms with Gasteiger partial charge in [0.15, 0.2) is 0 Å². The Morgan fingerprint density at radius 1 is 1.12 bits per heavy atom. The molecule has 2 aliphatic carbocycles. The average molecular weight is 797 g/mol. The molecule has 2 saturated carbocycles. The number of aromatic nitrogens is 1. The summed E-state index contributed by atoms with van der Waals surface area (Å²) in [7, 11) is -2.42. The molecule has 0 spiro atoms. The van der Waals surface area contributed by atoms with Crippen LogP contribution in [0.3, 0.4) is 0 Å². The van der Waals surface area contributed by atoms with E-state index in [1.54, 1.807) is 26.3 Å². The summed E-state index contributed by atoms with van der Waals surface area (Å²) in [6, 6.07) is 3.26. The fourth-order valence-electron chi connectivity index (χ4n) is 8.32. The number of carboxylic acid groups (broad SMARTS) is 1. The molecule has 0 radical (unpaired) electrons. The Hall–Kier alpha value is -4.60. The Bertz CT molecular complexity index is 1980. The predicted octanol–water partition coefficient (Wildman–Crippen LogP) is 4.35. The Labute approximate surface area is 329 Å². The number of carbonyl (C=O) groups is 4. The van der Waals surface area contributed by atoms with Crippen LogP contribution in [0.25, 0.3) is 10.8 Å². The molecule has 306 valence electrons. The molecule has 6 rings (SSSR count). The molecule has 1 saturated heterocycles. The summed E-state index contributed by atoms with van der Waals surface area (Å²) in [5, 5.41) is 16.8. The van der Waals surface area contributed by atoms with Crippen molar-refractivity contribution < 1.29 is 42.2 Å². The van der Waals surface area contributed by atoms with Gasteiger partial charge in [-0.1, -0.05) is 32.4 Å². The average Bonchev–Trinajstić information content (AvgIpc) is 4.05. The summed E-state index contributed by atoms with van der Waals surface area (Å²) in [5.41, 5.74) is -0.658. The number of rotatable bonds is 11. The van der Waals surface area contributed by atoms with Crippen LogP contribution in [0.4, 0.5) is 10.5 Å². The van der Waals surface area contributed by atoms with Crippen LogP contribution in [0.5, 0.6) is 11.6 Å². The van der Waals surface area contributed by atoms with Crippen LogP contribution in [-0.2, 0) is 24.4 Å². The Morgan fingerprint density at radius 2 is 1.86 bits per heavy atom. The van der Waals surface area contributed by atoms with Crippen molar-refractivity contribution in [2.45, 2.75) is 114 Å². The van der Waals surface area contributed by atoms with Gasteiger partial charge in [-0.15, -0.1) is 0 Å². The van der Waals surface area contributed by atoms with E-state index in [-0.39, 0.29) is 31.2 Å². The Morgan fingerprint density at radius 3 is 2.50 bits per heavy atom. The molecule has 4 aliphatic rings. The molecule has 4 N–H and O–H groups in total. The fraction of sp³-hybridized carbons (Fsp3) is 0.625. The predicted molar refractivity (Wildman–Crippen MR) is 211 cm³/mol. The first-order valence-electron chi connectivity index (χ1n) is 19.8. The van der Waals surface area contributed by atoms with Crippen molar-refractivity contribution in [2.75, 3.05) is 31.6 Å². The van der Waals surface area contributed by atoms with Crippen molar-refractivity contribution in [2.24, 2.45) is 17.8 Å². The van der Waals surface area contributed by atoms with Crippen molar-refractivity contribution in [3.8, 4) is 11.6 Å². The topological polar surface area (TPSA) is 197 Å². The van der Waals surface area contributed by atoms with Gasteiger partial charge in [-0.05, 0) is 89.3 Å². The number of allylic oxidation sites excluding steroid dienone is 1.